The second-order valence-corrected chi connectivity index (χ2v) is 15.7. The lowest BCUT2D eigenvalue weighted by Crippen LogP contribution is -2.15. The van der Waals surface area contributed by atoms with Crippen LogP contribution in [-0.4, -0.2) is 0 Å². The van der Waals surface area contributed by atoms with Gasteiger partial charge < -0.3 is 9.32 Å². The molecule has 10 aromatic rings. The van der Waals surface area contributed by atoms with E-state index in [1.807, 2.05) is 12.1 Å². The average molecular weight is 730 g/mol. The molecular formula is C55H39NO. The molecule has 1 aromatic heterocycles. The molecule has 0 bridgehead atoms. The third kappa shape index (κ3) is 5.33. The highest BCUT2D eigenvalue weighted by Gasteiger charge is 2.38. The molecule has 0 saturated carbocycles. The van der Waals surface area contributed by atoms with E-state index in [0.717, 1.165) is 50.1 Å². The predicted molar refractivity (Wildman–Crippen MR) is 240 cm³/mol. The predicted octanol–water partition coefficient (Wildman–Crippen LogP) is 15.5. The zero-order chi connectivity index (χ0) is 38.1. The van der Waals surface area contributed by atoms with Gasteiger partial charge in [0.2, 0.25) is 0 Å². The maximum Gasteiger partial charge on any atom is 0.136 e. The molecule has 0 aliphatic heterocycles. The lowest BCUT2D eigenvalue weighted by Gasteiger charge is -2.28. The minimum absolute atomic E-state index is 0.108. The van der Waals surface area contributed by atoms with Crippen molar-refractivity contribution in [3.63, 3.8) is 0 Å². The van der Waals surface area contributed by atoms with Crippen LogP contribution < -0.4 is 4.90 Å². The second-order valence-electron chi connectivity index (χ2n) is 15.7. The molecule has 0 unspecified atom stereocenters. The molecule has 0 saturated heterocycles. The van der Waals surface area contributed by atoms with Gasteiger partial charge in [-0.05, 0) is 115 Å². The Balaban J connectivity index is 1.04. The lowest BCUT2D eigenvalue weighted by atomic mass is 9.79. The van der Waals surface area contributed by atoms with Gasteiger partial charge in [0, 0.05) is 33.1 Å². The number of hydrogen-bond donors (Lipinski definition) is 0. The van der Waals surface area contributed by atoms with Crippen LogP contribution in [-0.2, 0) is 5.41 Å². The van der Waals surface area contributed by atoms with Crippen molar-refractivity contribution in [2.75, 3.05) is 4.90 Å². The number of furan rings is 1. The van der Waals surface area contributed by atoms with Gasteiger partial charge in [-0.2, -0.15) is 0 Å². The molecule has 270 valence electrons. The summed E-state index contributed by atoms with van der Waals surface area (Å²) < 4.78 is 6.25. The van der Waals surface area contributed by atoms with Crippen molar-refractivity contribution in [3.05, 3.63) is 211 Å². The number of benzene rings is 9. The van der Waals surface area contributed by atoms with Crippen LogP contribution in [0.1, 0.15) is 25.0 Å². The van der Waals surface area contributed by atoms with Crippen LogP contribution in [0, 0.1) is 0 Å². The van der Waals surface area contributed by atoms with Gasteiger partial charge in [-0.3, -0.25) is 0 Å². The van der Waals surface area contributed by atoms with Crippen LogP contribution in [0.3, 0.4) is 0 Å². The number of rotatable bonds is 6. The highest BCUT2D eigenvalue weighted by atomic mass is 16.3. The summed E-state index contributed by atoms with van der Waals surface area (Å²) in [6, 6.07) is 72.5. The Morgan fingerprint density at radius 1 is 0.404 bits per heavy atom. The Kier molecular flexibility index (Phi) is 7.55. The summed E-state index contributed by atoms with van der Waals surface area (Å²) in [7, 11) is 0. The molecule has 11 rings (SSSR count). The van der Waals surface area contributed by atoms with Gasteiger partial charge in [0.1, 0.15) is 11.2 Å². The summed E-state index contributed by atoms with van der Waals surface area (Å²) in [5, 5.41) is 4.89. The van der Waals surface area contributed by atoms with Crippen molar-refractivity contribution >= 4 is 49.8 Å². The van der Waals surface area contributed by atoms with Crippen molar-refractivity contribution in [1.29, 1.82) is 0 Å². The maximum absolute atomic E-state index is 6.25. The molecule has 2 nitrogen and oxygen atoms in total. The van der Waals surface area contributed by atoms with Crippen molar-refractivity contribution < 1.29 is 4.42 Å². The summed E-state index contributed by atoms with van der Waals surface area (Å²) in [6.45, 7) is 4.75. The molecular weight excluding hydrogens is 691 g/mol. The smallest absolute Gasteiger partial charge is 0.136 e. The number of nitrogens with zero attached hydrogens (tertiary/aromatic N) is 1. The van der Waals surface area contributed by atoms with E-state index in [2.05, 4.69) is 207 Å². The number of anilines is 3. The minimum atomic E-state index is -0.108. The Labute approximate surface area is 332 Å². The standard InChI is InChI=1S/C55H39NO/c1-55(2)49-21-11-8-20-47(49)53-48(34-40-16-6-7-18-44(40)54(53)55)38-26-31-42(32-27-38)56(50-22-12-9-17-43(50)37-14-4-3-5-15-37)41-29-24-36(25-30-41)39-28-33-46-45-19-10-13-23-51(45)57-52(46)35-39/h3-35H,1-2H3. The highest BCUT2D eigenvalue weighted by molar-refractivity contribution is 6.06. The van der Waals surface area contributed by atoms with Crippen LogP contribution >= 0.6 is 0 Å². The average Bonchev–Trinajstić information content (AvgIpc) is 3.76. The summed E-state index contributed by atoms with van der Waals surface area (Å²) in [5.41, 5.74) is 17.6. The van der Waals surface area contributed by atoms with E-state index in [-0.39, 0.29) is 5.41 Å². The number of para-hydroxylation sites is 2. The first kappa shape index (κ1) is 33.2. The molecule has 0 fully saturated rings. The molecule has 1 heterocycles. The Hall–Kier alpha value is -7.16. The van der Waals surface area contributed by atoms with Crippen LogP contribution in [0.2, 0.25) is 0 Å². The fourth-order valence-electron chi connectivity index (χ4n) is 9.34. The summed E-state index contributed by atoms with van der Waals surface area (Å²) in [6.07, 6.45) is 0. The lowest BCUT2D eigenvalue weighted by molar-refractivity contribution is 0.666. The third-order valence-corrected chi connectivity index (χ3v) is 12.0. The Morgan fingerprint density at radius 3 is 1.77 bits per heavy atom. The molecule has 0 amide bonds. The maximum atomic E-state index is 6.25. The number of hydrogen-bond acceptors (Lipinski definition) is 2. The van der Waals surface area contributed by atoms with Gasteiger partial charge in [0.05, 0.1) is 5.69 Å². The normalized spacial score (nSPS) is 12.9. The van der Waals surface area contributed by atoms with E-state index in [0.29, 0.717) is 0 Å². The fraction of sp³-hybridized carbons (Fsp3) is 0.0545. The van der Waals surface area contributed by atoms with Crippen molar-refractivity contribution in [3.8, 4) is 44.5 Å². The molecule has 0 spiro atoms. The topological polar surface area (TPSA) is 16.4 Å². The first-order chi connectivity index (χ1) is 28.0. The third-order valence-electron chi connectivity index (χ3n) is 12.0. The Bertz CT molecular complexity index is 3130. The first-order valence-electron chi connectivity index (χ1n) is 19.8. The van der Waals surface area contributed by atoms with Crippen LogP contribution in [0.4, 0.5) is 17.1 Å². The molecule has 9 aromatic carbocycles. The van der Waals surface area contributed by atoms with Gasteiger partial charge in [-0.15, -0.1) is 0 Å². The van der Waals surface area contributed by atoms with Gasteiger partial charge in [-0.25, -0.2) is 0 Å². The molecule has 0 radical (unpaired) electrons. The molecule has 0 atom stereocenters. The van der Waals surface area contributed by atoms with Gasteiger partial charge >= 0.3 is 0 Å². The summed E-state index contributed by atoms with van der Waals surface area (Å²) in [4.78, 5) is 2.39. The van der Waals surface area contributed by atoms with Crippen LogP contribution in [0.15, 0.2) is 205 Å². The van der Waals surface area contributed by atoms with E-state index >= 15 is 0 Å². The van der Waals surface area contributed by atoms with Gasteiger partial charge in [0.25, 0.3) is 0 Å². The molecule has 57 heavy (non-hydrogen) atoms. The highest BCUT2D eigenvalue weighted by Crippen LogP contribution is 2.55. The molecule has 1 aliphatic rings. The Morgan fingerprint density at radius 2 is 0.982 bits per heavy atom. The second kappa shape index (κ2) is 13.0. The summed E-state index contributed by atoms with van der Waals surface area (Å²) >= 11 is 0. The van der Waals surface area contributed by atoms with Crippen molar-refractivity contribution in [2.45, 2.75) is 19.3 Å². The minimum Gasteiger partial charge on any atom is -0.456 e. The van der Waals surface area contributed by atoms with Crippen molar-refractivity contribution in [1.82, 2.24) is 0 Å². The van der Waals surface area contributed by atoms with Gasteiger partial charge in [-0.1, -0.05) is 159 Å². The zero-order valence-electron chi connectivity index (χ0n) is 31.9. The quantitative estimate of drug-likeness (QED) is 0.169. The largest absolute Gasteiger partial charge is 0.456 e. The van der Waals surface area contributed by atoms with Crippen LogP contribution in [0.25, 0.3) is 77.2 Å². The van der Waals surface area contributed by atoms with E-state index in [1.54, 1.807) is 0 Å². The van der Waals surface area contributed by atoms with E-state index < -0.39 is 0 Å². The van der Waals surface area contributed by atoms with Crippen molar-refractivity contribution in [2.24, 2.45) is 0 Å². The monoisotopic (exact) mass is 729 g/mol. The fourth-order valence-corrected chi connectivity index (χ4v) is 9.34. The summed E-state index contributed by atoms with van der Waals surface area (Å²) in [5.74, 6) is 0. The molecule has 2 heteroatoms. The number of fused-ring (bicyclic) bond motifs is 8. The molecule has 0 N–H and O–H groups in total. The van der Waals surface area contributed by atoms with Crippen LogP contribution in [0.5, 0.6) is 0 Å². The van der Waals surface area contributed by atoms with Gasteiger partial charge in [0.15, 0.2) is 0 Å². The SMILES string of the molecule is CC1(C)c2ccccc2-c2c(-c3ccc(N(c4ccc(-c5ccc6c(c5)oc5ccccc56)cc4)c4ccccc4-c4ccccc4)cc3)cc3ccccc3c21. The van der Waals surface area contributed by atoms with E-state index in [1.165, 1.54) is 55.3 Å². The van der Waals surface area contributed by atoms with E-state index in [9.17, 15) is 0 Å². The van der Waals surface area contributed by atoms with E-state index in [4.69, 9.17) is 4.42 Å². The zero-order valence-corrected chi connectivity index (χ0v) is 31.9. The molecule has 1 aliphatic carbocycles. The first-order valence-corrected chi connectivity index (χ1v) is 19.8.